The average Bonchev–Trinajstić information content (AvgIpc) is 3.10. The van der Waals surface area contributed by atoms with Gasteiger partial charge in [0.1, 0.15) is 11.5 Å². The van der Waals surface area contributed by atoms with Crippen molar-refractivity contribution in [3.05, 3.63) is 70.4 Å². The number of methoxy groups -OCH3 is 1. The van der Waals surface area contributed by atoms with E-state index in [4.69, 9.17) is 24.9 Å². The number of amides is 2. The van der Waals surface area contributed by atoms with Gasteiger partial charge in [0.2, 0.25) is 5.88 Å². The molecule has 288 valence electrons. The molecule has 3 atom stereocenters. The Kier molecular flexibility index (Phi) is 11.3. The third kappa shape index (κ3) is 8.21. The van der Waals surface area contributed by atoms with E-state index in [2.05, 4.69) is 9.97 Å². The van der Waals surface area contributed by atoms with Crippen molar-refractivity contribution < 1.29 is 50.1 Å². The summed E-state index contributed by atoms with van der Waals surface area (Å²) in [5.74, 6) is -0.473. The van der Waals surface area contributed by atoms with Crippen molar-refractivity contribution in [3.8, 4) is 5.88 Å². The Labute approximate surface area is 302 Å². The summed E-state index contributed by atoms with van der Waals surface area (Å²) in [5.41, 5.74) is 3.46. The van der Waals surface area contributed by atoms with Gasteiger partial charge in [-0.1, -0.05) is 6.92 Å². The van der Waals surface area contributed by atoms with Gasteiger partial charge in [-0.2, -0.15) is 26.3 Å². The molecule has 1 unspecified atom stereocenters. The fraction of sp³-hybridized carbons (Fsp3) is 0.514. The Hall–Kier alpha value is -4.87. The lowest BCUT2D eigenvalue weighted by Gasteiger charge is -2.46. The molecule has 5 rings (SSSR count). The molecule has 12 nitrogen and oxygen atoms in total. The van der Waals surface area contributed by atoms with Crippen LogP contribution in [0.1, 0.15) is 80.4 Å². The second kappa shape index (κ2) is 15.2. The molecule has 1 saturated heterocycles. The number of benzene rings is 1. The van der Waals surface area contributed by atoms with E-state index < -0.39 is 53.7 Å². The fourth-order valence-electron chi connectivity index (χ4n) is 6.75. The summed E-state index contributed by atoms with van der Waals surface area (Å²) >= 11 is 0. The molecule has 2 aliphatic heterocycles. The molecule has 18 heteroatoms. The summed E-state index contributed by atoms with van der Waals surface area (Å²) in [6.45, 7) is 7.87. The number of hydrogen-bond acceptors (Lipinski definition) is 10. The van der Waals surface area contributed by atoms with Crippen LogP contribution in [0, 0.1) is 0 Å². The van der Waals surface area contributed by atoms with E-state index in [1.165, 1.54) is 23.1 Å². The second-order valence-corrected chi connectivity index (χ2v) is 12.8. The van der Waals surface area contributed by atoms with Gasteiger partial charge in [0, 0.05) is 38.2 Å². The molecule has 0 spiro atoms. The number of nitrogens with zero attached hydrogens (tertiary/aromatic N) is 6. The molecular formula is C35H41F6N7O5. The molecule has 0 bridgehead atoms. The van der Waals surface area contributed by atoms with Crippen molar-refractivity contribution in [2.24, 2.45) is 5.73 Å². The first kappa shape index (κ1) is 39.3. The number of nitrogens with two attached hydrogens (primary N) is 1. The molecule has 2 N–H and O–H groups in total. The van der Waals surface area contributed by atoms with Crippen molar-refractivity contribution in [1.29, 1.82) is 0 Å². The number of hydrogen-bond donors (Lipinski definition) is 1. The third-order valence-electron chi connectivity index (χ3n) is 9.38. The summed E-state index contributed by atoms with van der Waals surface area (Å²) in [6.07, 6.45) is -10.0. The van der Waals surface area contributed by atoms with Gasteiger partial charge < -0.3 is 29.7 Å². The van der Waals surface area contributed by atoms with Crippen LogP contribution in [0.4, 0.5) is 47.3 Å². The molecule has 0 saturated carbocycles. The van der Waals surface area contributed by atoms with Crippen LogP contribution < -0.4 is 20.3 Å². The maximum atomic E-state index is 13.9. The zero-order valence-corrected chi connectivity index (χ0v) is 29.8. The van der Waals surface area contributed by atoms with Crippen LogP contribution in [0.2, 0.25) is 0 Å². The molecule has 1 fully saturated rings. The Morgan fingerprint density at radius 2 is 1.57 bits per heavy atom. The molecule has 53 heavy (non-hydrogen) atoms. The lowest BCUT2D eigenvalue weighted by atomic mass is 9.83. The molecule has 4 heterocycles. The van der Waals surface area contributed by atoms with Gasteiger partial charge in [-0.15, -0.1) is 0 Å². The molecule has 3 aromatic rings. The second-order valence-electron chi connectivity index (χ2n) is 12.8. The minimum Gasteiger partial charge on any atom is -0.481 e. The number of aromatic nitrogens is 3. The van der Waals surface area contributed by atoms with Gasteiger partial charge in [0.05, 0.1) is 66.3 Å². The SMILES string of the molecule is CCOC(=O)N1CCN(c2cnc([C@H]3C[C@@](N)(CC)N(C(=O)OCC)c4ccc(OC)nc43)nc2Cc2cc(C(F)(F)F)cc(C(F)(F)F)c2)C(C)C1. The van der Waals surface area contributed by atoms with E-state index in [-0.39, 0.29) is 80.8 Å². The first-order valence-corrected chi connectivity index (χ1v) is 17.1. The van der Waals surface area contributed by atoms with Gasteiger partial charge >= 0.3 is 24.5 Å². The average molecular weight is 754 g/mol. The fourth-order valence-corrected chi connectivity index (χ4v) is 6.75. The van der Waals surface area contributed by atoms with Crippen LogP contribution in [0.3, 0.4) is 0 Å². The highest BCUT2D eigenvalue weighted by molar-refractivity contribution is 5.91. The summed E-state index contributed by atoms with van der Waals surface area (Å²) in [4.78, 5) is 44.6. The summed E-state index contributed by atoms with van der Waals surface area (Å²) in [5, 5.41) is 0. The van der Waals surface area contributed by atoms with Crippen molar-refractivity contribution in [2.75, 3.05) is 49.8 Å². The Balaban J connectivity index is 1.67. The van der Waals surface area contributed by atoms with Gasteiger partial charge in [0.25, 0.3) is 0 Å². The quantitative estimate of drug-likeness (QED) is 0.247. The number of carbonyl (C=O) groups excluding carboxylic acids is 2. The van der Waals surface area contributed by atoms with Crippen LogP contribution in [-0.4, -0.2) is 83.7 Å². The van der Waals surface area contributed by atoms with E-state index in [9.17, 15) is 35.9 Å². The number of halogens is 6. The maximum Gasteiger partial charge on any atom is 0.416 e. The normalized spacial score (nSPS) is 20.6. The largest absolute Gasteiger partial charge is 0.481 e. The molecule has 1 aromatic carbocycles. The van der Waals surface area contributed by atoms with Gasteiger partial charge in [0.15, 0.2) is 0 Å². The van der Waals surface area contributed by atoms with Crippen molar-refractivity contribution in [2.45, 2.75) is 76.9 Å². The molecule has 0 aliphatic carbocycles. The molecule has 2 aromatic heterocycles. The summed E-state index contributed by atoms with van der Waals surface area (Å²) in [7, 11) is 1.41. The first-order valence-electron chi connectivity index (χ1n) is 17.1. The van der Waals surface area contributed by atoms with Crippen LogP contribution >= 0.6 is 0 Å². The van der Waals surface area contributed by atoms with Crippen molar-refractivity contribution >= 4 is 23.6 Å². The third-order valence-corrected chi connectivity index (χ3v) is 9.38. The van der Waals surface area contributed by atoms with Crippen molar-refractivity contribution in [1.82, 2.24) is 19.9 Å². The maximum absolute atomic E-state index is 13.9. The summed E-state index contributed by atoms with van der Waals surface area (Å²) in [6, 6.07) is 4.19. The minimum absolute atomic E-state index is 0.0324. The lowest BCUT2D eigenvalue weighted by Crippen LogP contribution is -2.61. The number of carbonyl (C=O) groups is 2. The highest BCUT2D eigenvalue weighted by Gasteiger charge is 2.47. The first-order chi connectivity index (χ1) is 24.9. The number of anilines is 2. The van der Waals surface area contributed by atoms with Crippen LogP contribution in [-0.2, 0) is 28.2 Å². The van der Waals surface area contributed by atoms with E-state index >= 15 is 0 Å². The highest BCUT2D eigenvalue weighted by atomic mass is 19.4. The van der Waals surface area contributed by atoms with Crippen LogP contribution in [0.5, 0.6) is 5.88 Å². The molecular weight excluding hydrogens is 712 g/mol. The number of ether oxygens (including phenoxy) is 3. The highest BCUT2D eigenvalue weighted by Crippen LogP contribution is 2.46. The van der Waals surface area contributed by atoms with E-state index in [1.807, 2.05) is 11.8 Å². The van der Waals surface area contributed by atoms with Crippen LogP contribution in [0.25, 0.3) is 0 Å². The molecule has 2 amide bonds. The zero-order chi connectivity index (χ0) is 38.9. The predicted molar refractivity (Wildman–Crippen MR) is 181 cm³/mol. The van der Waals surface area contributed by atoms with E-state index in [0.717, 1.165) is 0 Å². The number of piperazine rings is 1. The summed E-state index contributed by atoms with van der Waals surface area (Å²) < 4.78 is 99.2. The lowest BCUT2D eigenvalue weighted by molar-refractivity contribution is -0.143. The van der Waals surface area contributed by atoms with Gasteiger partial charge in [-0.05, 0) is 63.4 Å². The number of alkyl halides is 6. The number of pyridine rings is 1. The molecule has 2 aliphatic rings. The topological polar surface area (TPSA) is 136 Å². The standard InChI is InChI=1S/C35H41F6N7O5/c1-6-33(42)17-24(29-26(9-10-28(45-29)51-5)48(33)32(50)53-8-3)30-43-18-27(47-12-11-46(19-20(47)4)31(49)52-7-2)25(44-30)15-21-13-22(34(36,37)38)16-23(14-21)35(39,40)41/h9-10,13-14,16,18,20,24H,6-8,11-12,15,17,19,42H2,1-5H3/t20?,24-,33+/m0/s1. The predicted octanol–water partition coefficient (Wildman–Crippen LogP) is 6.74. The Bertz CT molecular complexity index is 1790. The molecule has 0 radical (unpaired) electrons. The minimum atomic E-state index is -5.06. The number of rotatable bonds is 8. The smallest absolute Gasteiger partial charge is 0.416 e. The van der Waals surface area contributed by atoms with Gasteiger partial charge in [-0.25, -0.2) is 24.5 Å². The van der Waals surface area contributed by atoms with Crippen molar-refractivity contribution in [3.63, 3.8) is 0 Å². The van der Waals surface area contributed by atoms with Gasteiger partial charge in [-0.3, -0.25) is 4.90 Å². The van der Waals surface area contributed by atoms with Crippen LogP contribution in [0.15, 0.2) is 36.5 Å². The van der Waals surface area contributed by atoms with E-state index in [0.29, 0.717) is 29.2 Å². The Morgan fingerprint density at radius 3 is 2.13 bits per heavy atom. The zero-order valence-electron chi connectivity index (χ0n) is 29.8. The number of fused-ring (bicyclic) bond motifs is 1. The van der Waals surface area contributed by atoms with E-state index in [1.54, 1.807) is 32.9 Å². The Morgan fingerprint density at radius 1 is 0.925 bits per heavy atom. The monoisotopic (exact) mass is 753 g/mol.